The van der Waals surface area contributed by atoms with Crippen LogP contribution in [-0.2, 0) is 0 Å². The Bertz CT molecular complexity index is 60.9. The van der Waals surface area contributed by atoms with Crippen molar-refractivity contribution in [3.05, 3.63) is 0 Å². The van der Waals surface area contributed by atoms with Crippen molar-refractivity contribution in [3.63, 3.8) is 0 Å². The quantitative estimate of drug-likeness (QED) is 0.602. The smallest absolute Gasteiger partial charge is 0.00851 e. The molecule has 1 fully saturated rings. The van der Waals surface area contributed by atoms with Gasteiger partial charge < -0.3 is 5.32 Å². The molecule has 2 heteroatoms. The van der Waals surface area contributed by atoms with Crippen LogP contribution in [0, 0.1) is 0 Å². The van der Waals surface area contributed by atoms with Crippen molar-refractivity contribution in [3.8, 4) is 0 Å². The second kappa shape index (κ2) is 2.74. The first-order chi connectivity index (χ1) is 3.86. The molecule has 0 heterocycles. The maximum Gasteiger partial charge on any atom is 0.00851 e. The molecule has 0 bridgehead atoms. The lowest BCUT2D eigenvalue weighted by molar-refractivity contribution is 0.375. The summed E-state index contributed by atoms with van der Waals surface area (Å²) in [6.07, 6.45) is 4.94. The van der Waals surface area contributed by atoms with E-state index in [9.17, 15) is 0 Å². The van der Waals surface area contributed by atoms with Gasteiger partial charge in [-0.1, -0.05) is 0 Å². The molecule has 1 nitrogen and oxygen atoms in total. The molecule has 8 heavy (non-hydrogen) atoms. The third-order valence-electron chi connectivity index (χ3n) is 1.84. The van der Waals surface area contributed by atoms with Gasteiger partial charge in [-0.2, -0.15) is 11.8 Å². The van der Waals surface area contributed by atoms with Gasteiger partial charge in [0.25, 0.3) is 0 Å². The molecule has 0 aromatic rings. The van der Waals surface area contributed by atoms with E-state index in [-0.39, 0.29) is 0 Å². The predicted molar refractivity (Wildman–Crippen MR) is 39.4 cm³/mol. The van der Waals surface area contributed by atoms with Gasteiger partial charge in [0.1, 0.15) is 0 Å². The second-order valence-electron chi connectivity index (χ2n) is 2.31. The van der Waals surface area contributed by atoms with E-state index in [0.717, 1.165) is 11.3 Å². The van der Waals surface area contributed by atoms with E-state index in [0.29, 0.717) is 0 Å². The van der Waals surface area contributed by atoms with Gasteiger partial charge in [-0.15, -0.1) is 0 Å². The molecule has 0 amide bonds. The fourth-order valence-electron chi connectivity index (χ4n) is 0.994. The Morgan fingerprint density at radius 2 is 2.12 bits per heavy atom. The van der Waals surface area contributed by atoms with Crippen LogP contribution in [0.2, 0.25) is 0 Å². The zero-order valence-electron chi connectivity index (χ0n) is 5.48. The second-order valence-corrected chi connectivity index (χ2v) is 3.45. The van der Waals surface area contributed by atoms with Crippen LogP contribution in [0.15, 0.2) is 0 Å². The minimum Gasteiger partial charge on any atom is -0.317 e. The van der Waals surface area contributed by atoms with E-state index in [1.807, 2.05) is 18.8 Å². The number of hydrogen-bond acceptors (Lipinski definition) is 2. The summed E-state index contributed by atoms with van der Waals surface area (Å²) in [5, 5.41) is 4.20. The van der Waals surface area contributed by atoms with Gasteiger partial charge in [-0.3, -0.25) is 0 Å². The van der Waals surface area contributed by atoms with Crippen molar-refractivity contribution in [2.45, 2.75) is 24.1 Å². The summed E-state index contributed by atoms with van der Waals surface area (Å²) in [5.41, 5.74) is 0. The molecule has 1 rings (SSSR count). The summed E-state index contributed by atoms with van der Waals surface area (Å²) >= 11 is 1.99. The van der Waals surface area contributed by atoms with Gasteiger partial charge in [0.2, 0.25) is 0 Å². The van der Waals surface area contributed by atoms with Gasteiger partial charge in [0.15, 0.2) is 0 Å². The lowest BCUT2D eigenvalue weighted by Crippen LogP contribution is -2.40. The highest BCUT2D eigenvalue weighted by atomic mass is 32.2. The highest BCUT2D eigenvalue weighted by Gasteiger charge is 2.26. The van der Waals surface area contributed by atoms with Crippen molar-refractivity contribution in [2.24, 2.45) is 0 Å². The van der Waals surface area contributed by atoms with Crippen molar-refractivity contribution in [2.75, 3.05) is 13.3 Å². The average molecular weight is 131 g/mol. The van der Waals surface area contributed by atoms with Crippen LogP contribution in [0.3, 0.4) is 0 Å². The van der Waals surface area contributed by atoms with Crippen molar-refractivity contribution in [1.29, 1.82) is 0 Å². The summed E-state index contributed by atoms with van der Waals surface area (Å²) in [5.74, 6) is 0. The SMILES string of the molecule is CNC1CC(SC)C1. The van der Waals surface area contributed by atoms with Gasteiger partial charge in [0, 0.05) is 11.3 Å². The van der Waals surface area contributed by atoms with Gasteiger partial charge in [0.05, 0.1) is 0 Å². The molecular weight excluding hydrogens is 118 g/mol. The Labute approximate surface area is 55.2 Å². The molecule has 1 N–H and O–H groups in total. The molecule has 0 saturated heterocycles. The van der Waals surface area contributed by atoms with E-state index in [2.05, 4.69) is 11.6 Å². The third-order valence-corrected chi connectivity index (χ3v) is 2.89. The fraction of sp³-hybridized carbons (Fsp3) is 1.00. The predicted octanol–water partition coefficient (Wildman–Crippen LogP) is 1.10. The van der Waals surface area contributed by atoms with E-state index in [1.54, 1.807) is 0 Å². The molecule has 48 valence electrons. The van der Waals surface area contributed by atoms with Crippen molar-refractivity contribution >= 4 is 11.8 Å². The Hall–Kier alpha value is 0.310. The number of hydrogen-bond donors (Lipinski definition) is 1. The summed E-state index contributed by atoms with van der Waals surface area (Å²) in [6, 6.07) is 0.826. The van der Waals surface area contributed by atoms with Crippen LogP contribution < -0.4 is 5.32 Å². The molecule has 1 aliphatic carbocycles. The minimum absolute atomic E-state index is 0.826. The lowest BCUT2D eigenvalue weighted by Gasteiger charge is -2.33. The molecule has 0 unspecified atom stereocenters. The topological polar surface area (TPSA) is 12.0 Å². The first-order valence-electron chi connectivity index (χ1n) is 3.07. The van der Waals surface area contributed by atoms with Gasteiger partial charge in [-0.05, 0) is 26.1 Å². The molecular formula is C6H13NS. The van der Waals surface area contributed by atoms with Crippen molar-refractivity contribution in [1.82, 2.24) is 5.32 Å². The maximum absolute atomic E-state index is 3.25. The Kier molecular flexibility index (Phi) is 2.20. The maximum atomic E-state index is 3.25. The monoisotopic (exact) mass is 131 g/mol. The number of rotatable bonds is 2. The first kappa shape index (κ1) is 6.43. The van der Waals surface area contributed by atoms with Crippen LogP contribution in [-0.4, -0.2) is 24.6 Å². The van der Waals surface area contributed by atoms with E-state index >= 15 is 0 Å². The van der Waals surface area contributed by atoms with Gasteiger partial charge in [-0.25, -0.2) is 0 Å². The molecule has 0 aromatic heterocycles. The summed E-state index contributed by atoms with van der Waals surface area (Å²) in [6.45, 7) is 0. The molecule has 0 radical (unpaired) electrons. The highest BCUT2D eigenvalue weighted by molar-refractivity contribution is 7.99. The Balaban J connectivity index is 2.03. The molecule has 0 aromatic carbocycles. The molecule has 0 atom stereocenters. The first-order valence-corrected chi connectivity index (χ1v) is 4.35. The molecule has 0 spiro atoms. The van der Waals surface area contributed by atoms with Crippen LogP contribution >= 0.6 is 11.8 Å². The number of thioether (sulfide) groups is 1. The summed E-state index contributed by atoms with van der Waals surface area (Å²) in [7, 11) is 2.04. The summed E-state index contributed by atoms with van der Waals surface area (Å²) in [4.78, 5) is 0. The minimum atomic E-state index is 0.826. The van der Waals surface area contributed by atoms with E-state index in [1.165, 1.54) is 12.8 Å². The standard InChI is InChI=1S/C6H13NS/c1-7-5-3-6(4-5)8-2/h5-7H,3-4H2,1-2H3. The van der Waals surface area contributed by atoms with Crippen LogP contribution in [0.5, 0.6) is 0 Å². The molecule has 1 saturated carbocycles. The van der Waals surface area contributed by atoms with Crippen molar-refractivity contribution < 1.29 is 0 Å². The largest absolute Gasteiger partial charge is 0.317 e. The summed E-state index contributed by atoms with van der Waals surface area (Å²) < 4.78 is 0. The van der Waals surface area contributed by atoms with Crippen LogP contribution in [0.1, 0.15) is 12.8 Å². The number of nitrogens with one attached hydrogen (secondary N) is 1. The molecule has 1 aliphatic rings. The van der Waals surface area contributed by atoms with E-state index in [4.69, 9.17) is 0 Å². The lowest BCUT2D eigenvalue weighted by atomic mass is 9.93. The van der Waals surface area contributed by atoms with Crippen LogP contribution in [0.25, 0.3) is 0 Å². The zero-order valence-corrected chi connectivity index (χ0v) is 6.29. The zero-order chi connectivity index (χ0) is 5.98. The van der Waals surface area contributed by atoms with Gasteiger partial charge >= 0.3 is 0 Å². The average Bonchev–Trinajstić information content (AvgIpc) is 1.65. The third kappa shape index (κ3) is 1.17. The molecule has 0 aliphatic heterocycles. The highest BCUT2D eigenvalue weighted by Crippen LogP contribution is 2.29. The fourth-order valence-corrected chi connectivity index (χ4v) is 1.84. The normalized spacial score (nSPS) is 36.8. The van der Waals surface area contributed by atoms with Crippen LogP contribution in [0.4, 0.5) is 0 Å². The van der Waals surface area contributed by atoms with E-state index < -0.39 is 0 Å². The Morgan fingerprint density at radius 1 is 1.50 bits per heavy atom. The Morgan fingerprint density at radius 3 is 2.50 bits per heavy atom.